The highest BCUT2D eigenvalue weighted by Crippen LogP contribution is 2.19. The van der Waals surface area contributed by atoms with E-state index in [4.69, 9.17) is 17.3 Å². The molecule has 1 amide bonds. The van der Waals surface area contributed by atoms with Gasteiger partial charge in [-0.15, -0.1) is 12.4 Å². The summed E-state index contributed by atoms with van der Waals surface area (Å²) < 4.78 is 12.8. The zero-order valence-corrected chi connectivity index (χ0v) is 10.1. The number of carbonyl (C=O) groups is 1. The number of carbonyl (C=O) groups excluding carboxylic acids is 1. The van der Waals surface area contributed by atoms with Gasteiger partial charge < -0.3 is 11.1 Å². The first kappa shape index (κ1) is 15.2. The Bertz CT molecular complexity index is 361. The van der Waals surface area contributed by atoms with Gasteiger partial charge in [-0.2, -0.15) is 0 Å². The second kappa shape index (κ2) is 7.44. The third kappa shape index (κ3) is 4.79. The fraction of sp³-hybridized carbons (Fsp3) is 0.300. The SMILES string of the molecule is Cl.NCCCC(=O)Nc1ccc(F)c(Cl)c1. The lowest BCUT2D eigenvalue weighted by atomic mass is 10.2. The molecule has 1 aromatic rings. The maximum absolute atomic E-state index is 12.8. The molecule has 16 heavy (non-hydrogen) atoms. The first-order valence-electron chi connectivity index (χ1n) is 4.58. The summed E-state index contributed by atoms with van der Waals surface area (Å²) in [6.07, 6.45) is 0.978. The summed E-state index contributed by atoms with van der Waals surface area (Å²) in [6.45, 7) is 0.470. The van der Waals surface area contributed by atoms with Crippen molar-refractivity contribution in [2.75, 3.05) is 11.9 Å². The van der Waals surface area contributed by atoms with Gasteiger partial charge in [0.2, 0.25) is 5.91 Å². The largest absolute Gasteiger partial charge is 0.330 e. The summed E-state index contributed by atoms with van der Waals surface area (Å²) in [5.74, 6) is -0.653. The molecule has 0 spiro atoms. The second-order valence-electron chi connectivity index (χ2n) is 3.07. The van der Waals surface area contributed by atoms with E-state index in [0.29, 0.717) is 25.1 Å². The van der Waals surface area contributed by atoms with Crippen molar-refractivity contribution in [2.24, 2.45) is 5.73 Å². The zero-order valence-electron chi connectivity index (χ0n) is 8.50. The summed E-state index contributed by atoms with van der Waals surface area (Å²) in [5.41, 5.74) is 5.75. The van der Waals surface area contributed by atoms with E-state index in [1.165, 1.54) is 18.2 Å². The van der Waals surface area contributed by atoms with Crippen LogP contribution in [0.5, 0.6) is 0 Å². The van der Waals surface area contributed by atoms with Crippen molar-refractivity contribution in [1.82, 2.24) is 0 Å². The lowest BCUT2D eigenvalue weighted by molar-refractivity contribution is -0.116. The highest BCUT2D eigenvalue weighted by atomic mass is 35.5. The monoisotopic (exact) mass is 266 g/mol. The lowest BCUT2D eigenvalue weighted by Gasteiger charge is -2.05. The van der Waals surface area contributed by atoms with E-state index in [2.05, 4.69) is 5.32 Å². The number of benzene rings is 1. The third-order valence-electron chi connectivity index (χ3n) is 1.81. The van der Waals surface area contributed by atoms with Gasteiger partial charge in [0.1, 0.15) is 5.82 Å². The molecule has 0 saturated carbocycles. The molecule has 0 fully saturated rings. The van der Waals surface area contributed by atoms with Crippen LogP contribution < -0.4 is 11.1 Å². The number of hydrogen-bond acceptors (Lipinski definition) is 2. The Hall–Kier alpha value is -0.840. The average Bonchev–Trinajstić information content (AvgIpc) is 2.20. The molecule has 0 aromatic heterocycles. The topological polar surface area (TPSA) is 55.1 Å². The molecular weight excluding hydrogens is 254 g/mol. The summed E-state index contributed by atoms with van der Waals surface area (Å²) in [6, 6.07) is 4.04. The van der Waals surface area contributed by atoms with Crippen molar-refractivity contribution >= 4 is 35.6 Å². The van der Waals surface area contributed by atoms with E-state index in [1.54, 1.807) is 0 Å². The van der Waals surface area contributed by atoms with E-state index >= 15 is 0 Å². The Balaban J connectivity index is 0.00000225. The summed E-state index contributed by atoms with van der Waals surface area (Å²) in [4.78, 5) is 11.3. The normalized spacial score (nSPS) is 9.44. The van der Waals surface area contributed by atoms with Crippen LogP contribution in [-0.4, -0.2) is 12.5 Å². The van der Waals surface area contributed by atoms with Gasteiger partial charge in [0.05, 0.1) is 5.02 Å². The van der Waals surface area contributed by atoms with Crippen molar-refractivity contribution in [3.8, 4) is 0 Å². The molecule has 0 aliphatic heterocycles. The highest BCUT2D eigenvalue weighted by molar-refractivity contribution is 6.31. The molecule has 0 atom stereocenters. The van der Waals surface area contributed by atoms with Crippen LogP contribution in [0.2, 0.25) is 5.02 Å². The van der Waals surface area contributed by atoms with Crippen molar-refractivity contribution in [1.29, 1.82) is 0 Å². The molecule has 0 radical (unpaired) electrons. The Morgan fingerprint density at radius 1 is 1.50 bits per heavy atom. The molecule has 3 nitrogen and oxygen atoms in total. The Kier molecular flexibility index (Phi) is 7.05. The number of nitrogens with two attached hydrogens (primary N) is 1. The highest BCUT2D eigenvalue weighted by Gasteiger charge is 2.04. The van der Waals surface area contributed by atoms with E-state index < -0.39 is 5.82 Å². The average molecular weight is 267 g/mol. The summed E-state index contributed by atoms with van der Waals surface area (Å²) in [7, 11) is 0. The number of amides is 1. The molecule has 1 rings (SSSR count). The fourth-order valence-electron chi connectivity index (χ4n) is 1.06. The second-order valence-corrected chi connectivity index (χ2v) is 3.48. The lowest BCUT2D eigenvalue weighted by Crippen LogP contribution is -2.13. The Morgan fingerprint density at radius 2 is 2.19 bits per heavy atom. The predicted octanol–water partition coefficient (Wildman–Crippen LogP) is 2.58. The minimum atomic E-state index is -0.503. The van der Waals surface area contributed by atoms with Crippen molar-refractivity contribution in [3.63, 3.8) is 0 Å². The Labute approximate surface area is 105 Å². The van der Waals surface area contributed by atoms with Crippen LogP contribution in [0.1, 0.15) is 12.8 Å². The standard InChI is InChI=1S/C10H12ClFN2O.ClH/c11-8-6-7(3-4-9(8)12)14-10(15)2-1-5-13;/h3-4,6H,1-2,5,13H2,(H,14,15);1H. The summed E-state index contributed by atoms with van der Waals surface area (Å²) in [5, 5.41) is 2.59. The van der Waals surface area contributed by atoms with Crippen molar-refractivity contribution in [2.45, 2.75) is 12.8 Å². The fourth-order valence-corrected chi connectivity index (χ4v) is 1.24. The van der Waals surface area contributed by atoms with Crippen molar-refractivity contribution < 1.29 is 9.18 Å². The van der Waals surface area contributed by atoms with E-state index in [0.717, 1.165) is 0 Å². The van der Waals surface area contributed by atoms with Gasteiger partial charge in [-0.3, -0.25) is 4.79 Å². The Morgan fingerprint density at radius 3 is 2.75 bits per heavy atom. The molecule has 0 aliphatic rings. The molecule has 3 N–H and O–H groups in total. The van der Waals surface area contributed by atoms with Crippen LogP contribution in [0.3, 0.4) is 0 Å². The number of nitrogens with one attached hydrogen (secondary N) is 1. The molecule has 1 aromatic carbocycles. The molecule has 0 unspecified atom stereocenters. The van der Waals surface area contributed by atoms with E-state index in [1.807, 2.05) is 0 Å². The van der Waals surface area contributed by atoms with Gasteiger partial charge in [0, 0.05) is 12.1 Å². The maximum Gasteiger partial charge on any atom is 0.224 e. The van der Waals surface area contributed by atoms with Crippen LogP contribution in [0.4, 0.5) is 10.1 Å². The van der Waals surface area contributed by atoms with Crippen LogP contribution in [0, 0.1) is 5.82 Å². The quantitative estimate of drug-likeness (QED) is 0.880. The summed E-state index contributed by atoms with van der Waals surface area (Å²) >= 11 is 5.56. The smallest absolute Gasteiger partial charge is 0.224 e. The van der Waals surface area contributed by atoms with Crippen LogP contribution in [0.25, 0.3) is 0 Å². The van der Waals surface area contributed by atoms with Crippen molar-refractivity contribution in [3.05, 3.63) is 29.0 Å². The predicted molar refractivity (Wildman–Crippen MR) is 65.6 cm³/mol. The van der Waals surface area contributed by atoms with Crippen LogP contribution >= 0.6 is 24.0 Å². The minimum Gasteiger partial charge on any atom is -0.330 e. The molecular formula is C10H13Cl2FN2O. The van der Waals surface area contributed by atoms with Crippen LogP contribution in [-0.2, 0) is 4.79 Å². The first-order chi connectivity index (χ1) is 7.13. The van der Waals surface area contributed by atoms with Gasteiger partial charge in [-0.25, -0.2) is 4.39 Å². The minimum absolute atomic E-state index is 0. The van der Waals surface area contributed by atoms with Gasteiger partial charge in [-0.05, 0) is 31.2 Å². The third-order valence-corrected chi connectivity index (χ3v) is 2.10. The van der Waals surface area contributed by atoms with Gasteiger partial charge in [0.15, 0.2) is 0 Å². The number of rotatable bonds is 4. The molecule has 0 bridgehead atoms. The van der Waals surface area contributed by atoms with Gasteiger partial charge >= 0.3 is 0 Å². The van der Waals surface area contributed by atoms with Crippen LogP contribution in [0.15, 0.2) is 18.2 Å². The maximum atomic E-state index is 12.8. The van der Waals surface area contributed by atoms with E-state index in [9.17, 15) is 9.18 Å². The molecule has 0 saturated heterocycles. The molecule has 0 heterocycles. The molecule has 0 aliphatic carbocycles. The zero-order chi connectivity index (χ0) is 11.3. The number of anilines is 1. The first-order valence-corrected chi connectivity index (χ1v) is 4.96. The molecule has 90 valence electrons. The van der Waals surface area contributed by atoms with Gasteiger partial charge in [0.25, 0.3) is 0 Å². The number of hydrogen-bond donors (Lipinski definition) is 2. The number of halogens is 3. The van der Waals surface area contributed by atoms with E-state index in [-0.39, 0.29) is 23.3 Å². The van der Waals surface area contributed by atoms with Gasteiger partial charge in [-0.1, -0.05) is 11.6 Å². The molecule has 6 heteroatoms.